The van der Waals surface area contributed by atoms with Crippen molar-refractivity contribution in [2.24, 2.45) is 17.8 Å². The Bertz CT molecular complexity index is 1700. The van der Waals surface area contributed by atoms with E-state index in [1.54, 1.807) is 6.08 Å². The van der Waals surface area contributed by atoms with Crippen LogP contribution in [0.4, 0.5) is 0 Å². The predicted molar refractivity (Wildman–Crippen MR) is 176 cm³/mol. The lowest BCUT2D eigenvalue weighted by atomic mass is 9.45. The van der Waals surface area contributed by atoms with Gasteiger partial charge in [-0.25, -0.2) is 4.79 Å². The number of aliphatic hydroxyl groups excluding tert-OH is 1. The minimum atomic E-state index is -1.74. The molecule has 7 atom stereocenters. The number of carbonyl (C=O) groups is 3. The van der Waals surface area contributed by atoms with Crippen LogP contribution in [-0.2, 0) is 20.7 Å². The van der Waals surface area contributed by atoms with Crippen LogP contribution in [-0.4, -0.2) is 61.4 Å². The second-order valence-electron chi connectivity index (χ2n) is 15.2. The molecule has 1 aromatic carbocycles. The fourth-order valence-corrected chi connectivity index (χ4v) is 8.76. The lowest BCUT2D eigenvalue weighted by molar-refractivity contribution is -0.220. The molecule has 3 N–H and O–H groups in total. The summed E-state index contributed by atoms with van der Waals surface area (Å²) in [5.41, 5.74) is -1.91. The first-order valence-corrected chi connectivity index (χ1v) is 16.5. The average molecular weight is 647 g/mol. The van der Waals surface area contributed by atoms with E-state index in [2.05, 4.69) is 6.08 Å². The monoisotopic (exact) mass is 646 g/mol. The topological polar surface area (TPSA) is 140 Å². The number of Topliss-reactive ketones (excluding diaryl/α,β-unsaturated/α-hetero) is 2. The zero-order chi connectivity index (χ0) is 34.4. The molecular weight excluding hydrogens is 600 g/mol. The first kappa shape index (κ1) is 33.2. The number of carbonyl (C=O) groups excluding carboxylic acids is 2. The number of hydrogen-bond acceptors (Lipinski definition) is 8. The van der Waals surface area contributed by atoms with Gasteiger partial charge >= 0.3 is 5.97 Å². The Morgan fingerprint density at radius 1 is 1.00 bits per heavy atom. The SMILES string of the molecule is CC(C)=CCC[C@@]1(C)C=Cc2c(O)c3c(c(CC=C(C)C)c2O1)O[C@]12[C@H](C3=O)[C@@H](O)[C@@H]3C[C@H]1C(C)(C)O[C@@]2(C/C=C(/C)C(=O)O)C3=O. The van der Waals surface area contributed by atoms with Crippen molar-refractivity contribution in [2.75, 3.05) is 0 Å². The van der Waals surface area contributed by atoms with Gasteiger partial charge in [-0.05, 0) is 93.2 Å². The Hall–Kier alpha value is -3.69. The van der Waals surface area contributed by atoms with E-state index in [0.29, 0.717) is 29.7 Å². The molecule has 6 aliphatic rings. The molecule has 47 heavy (non-hydrogen) atoms. The van der Waals surface area contributed by atoms with E-state index < -0.39 is 63.8 Å². The van der Waals surface area contributed by atoms with Gasteiger partial charge in [0.2, 0.25) is 0 Å². The quantitative estimate of drug-likeness (QED) is 0.220. The number of benzene rings is 1. The van der Waals surface area contributed by atoms with Gasteiger partial charge in [-0.15, -0.1) is 0 Å². The van der Waals surface area contributed by atoms with Crippen molar-refractivity contribution >= 4 is 23.6 Å². The minimum Gasteiger partial charge on any atom is -0.506 e. The number of ether oxygens (including phenoxy) is 3. The Kier molecular flexibility index (Phi) is 7.72. The van der Waals surface area contributed by atoms with Crippen molar-refractivity contribution in [3.8, 4) is 17.2 Å². The van der Waals surface area contributed by atoms with Crippen LogP contribution < -0.4 is 9.47 Å². The molecule has 3 aliphatic carbocycles. The first-order valence-electron chi connectivity index (χ1n) is 16.5. The van der Waals surface area contributed by atoms with E-state index in [4.69, 9.17) is 14.2 Å². The number of phenols is 1. The maximum atomic E-state index is 14.8. The molecule has 7 rings (SSSR count). The molecule has 0 unspecified atom stereocenters. The summed E-state index contributed by atoms with van der Waals surface area (Å²) in [6.07, 6.45) is 9.79. The Morgan fingerprint density at radius 2 is 1.68 bits per heavy atom. The van der Waals surface area contributed by atoms with Crippen LogP contribution in [0.2, 0.25) is 0 Å². The van der Waals surface area contributed by atoms with Crippen LogP contribution in [0, 0.1) is 17.8 Å². The van der Waals surface area contributed by atoms with Crippen molar-refractivity contribution in [2.45, 2.75) is 116 Å². The molecule has 9 nitrogen and oxygen atoms in total. The van der Waals surface area contributed by atoms with Crippen LogP contribution in [0.25, 0.3) is 6.08 Å². The zero-order valence-electron chi connectivity index (χ0n) is 28.5. The Morgan fingerprint density at radius 3 is 2.32 bits per heavy atom. The summed E-state index contributed by atoms with van der Waals surface area (Å²) in [5.74, 6) is -4.44. The van der Waals surface area contributed by atoms with E-state index in [0.717, 1.165) is 12.0 Å². The van der Waals surface area contributed by atoms with Crippen LogP contribution in [0.3, 0.4) is 0 Å². The highest BCUT2D eigenvalue weighted by atomic mass is 16.6. The number of aliphatic carboxylic acids is 1. The summed E-state index contributed by atoms with van der Waals surface area (Å²) < 4.78 is 20.5. The van der Waals surface area contributed by atoms with Crippen LogP contribution in [0.5, 0.6) is 17.2 Å². The fourth-order valence-electron chi connectivity index (χ4n) is 8.76. The van der Waals surface area contributed by atoms with Gasteiger partial charge in [0, 0.05) is 29.4 Å². The summed E-state index contributed by atoms with van der Waals surface area (Å²) in [4.78, 5) is 41.1. The maximum absolute atomic E-state index is 14.8. The van der Waals surface area contributed by atoms with Gasteiger partial charge in [0.1, 0.15) is 28.4 Å². The molecular formula is C38H46O9. The average Bonchev–Trinajstić information content (AvgIpc) is 3.10. The number of aliphatic hydroxyl groups is 1. The molecule has 1 aromatic rings. The Labute approximate surface area is 276 Å². The molecule has 252 valence electrons. The molecule has 1 spiro atoms. The number of ketones is 2. The number of carboxylic acid groups (broad SMARTS) is 1. The molecule has 0 aromatic heterocycles. The van der Waals surface area contributed by atoms with Gasteiger partial charge in [-0.2, -0.15) is 0 Å². The summed E-state index contributed by atoms with van der Waals surface area (Å²) in [6.45, 7) is 15.1. The standard InChI is InChI=1S/C38H46O9/c1-19(2)10-9-15-36(8)16-14-22-28(39)26-30(41)27-29(40)24-18-25-35(6,7)47-37(33(24)42,17-13-21(5)34(43)44)38(25,27)46-32(26)23(31(22)45-36)12-11-20(3)4/h10-11,13-14,16,24-25,27,29,39-40H,9,12,15,17-18H2,1-8H3,(H,43,44)/b21-13-/t24-,25-,27-,29-,36-,37-,38-/m0/s1. The summed E-state index contributed by atoms with van der Waals surface area (Å²) in [6, 6.07) is 0. The molecule has 4 bridgehead atoms. The summed E-state index contributed by atoms with van der Waals surface area (Å²) >= 11 is 0. The lowest BCUT2D eigenvalue weighted by Crippen LogP contribution is -2.80. The first-order chi connectivity index (χ1) is 21.9. The van der Waals surface area contributed by atoms with Gasteiger partial charge in [-0.3, -0.25) is 9.59 Å². The molecule has 3 heterocycles. The third-order valence-electron chi connectivity index (χ3n) is 11.1. The van der Waals surface area contributed by atoms with Crippen molar-refractivity contribution in [3.63, 3.8) is 0 Å². The normalized spacial score (nSPS) is 34.1. The zero-order valence-corrected chi connectivity index (χ0v) is 28.5. The number of aromatic hydroxyl groups is 1. The van der Waals surface area contributed by atoms with Crippen LogP contribution in [0.1, 0.15) is 103 Å². The maximum Gasteiger partial charge on any atom is 0.330 e. The fraction of sp³-hybridized carbons (Fsp3) is 0.553. The number of fused-ring (bicyclic) bond motifs is 2. The van der Waals surface area contributed by atoms with E-state index in [9.17, 15) is 29.7 Å². The van der Waals surface area contributed by atoms with Gasteiger partial charge < -0.3 is 29.5 Å². The highest BCUT2D eigenvalue weighted by Crippen LogP contribution is 2.70. The highest BCUT2D eigenvalue weighted by Gasteiger charge is 2.85. The van der Waals surface area contributed by atoms with Gasteiger partial charge in [0.15, 0.2) is 22.8 Å². The van der Waals surface area contributed by atoms with E-state index in [1.165, 1.54) is 18.6 Å². The third-order valence-corrected chi connectivity index (χ3v) is 11.1. The predicted octanol–water partition coefficient (Wildman–Crippen LogP) is 6.29. The molecule has 4 fully saturated rings. The second kappa shape index (κ2) is 10.9. The number of allylic oxidation sites excluding steroid dienone is 4. The Balaban J connectivity index is 1.60. The number of phenolic OH excluding ortho intramolecular Hbond substituents is 1. The van der Waals surface area contributed by atoms with Crippen molar-refractivity contribution in [3.05, 3.63) is 57.7 Å². The van der Waals surface area contributed by atoms with Gasteiger partial charge in [-0.1, -0.05) is 29.4 Å². The van der Waals surface area contributed by atoms with Crippen LogP contribution in [0.15, 0.2) is 41.0 Å². The summed E-state index contributed by atoms with van der Waals surface area (Å²) in [7, 11) is 0. The third kappa shape index (κ3) is 4.67. The molecule has 1 saturated heterocycles. The smallest absolute Gasteiger partial charge is 0.330 e. The second-order valence-corrected chi connectivity index (χ2v) is 15.2. The van der Waals surface area contributed by atoms with E-state index in [1.807, 2.05) is 60.6 Å². The van der Waals surface area contributed by atoms with Crippen molar-refractivity contribution < 1.29 is 43.9 Å². The molecule has 3 saturated carbocycles. The number of carboxylic acids is 1. The van der Waals surface area contributed by atoms with E-state index in [-0.39, 0.29) is 35.5 Å². The van der Waals surface area contributed by atoms with Gasteiger partial charge in [0.05, 0.1) is 23.2 Å². The number of hydrogen-bond donors (Lipinski definition) is 3. The molecule has 0 radical (unpaired) electrons. The van der Waals surface area contributed by atoms with Gasteiger partial charge in [0.25, 0.3) is 0 Å². The lowest BCUT2D eigenvalue weighted by Gasteiger charge is -2.62. The minimum absolute atomic E-state index is 0.0260. The van der Waals surface area contributed by atoms with Crippen molar-refractivity contribution in [1.29, 1.82) is 0 Å². The molecule has 0 amide bonds. The van der Waals surface area contributed by atoms with Crippen LogP contribution >= 0.6 is 0 Å². The highest BCUT2D eigenvalue weighted by molar-refractivity contribution is 6.10. The van der Waals surface area contributed by atoms with Crippen molar-refractivity contribution in [1.82, 2.24) is 0 Å². The molecule has 9 heteroatoms. The molecule has 3 aliphatic heterocycles. The summed E-state index contributed by atoms with van der Waals surface area (Å²) in [5, 5.41) is 33.2. The van der Waals surface area contributed by atoms with E-state index >= 15 is 0 Å². The number of rotatable bonds is 8. The largest absolute Gasteiger partial charge is 0.506 e.